The highest BCUT2D eigenvalue weighted by Crippen LogP contribution is 2.36. The Kier molecular flexibility index (Phi) is 22.3. The van der Waals surface area contributed by atoms with Gasteiger partial charge in [-0.1, -0.05) is 192 Å². The van der Waals surface area contributed by atoms with Crippen LogP contribution in [0, 0.1) is 11.8 Å². The standard InChI is InChI=1S/C48H72N2/c1-4-7-10-11-12-13-14-15-16-17-18-19-20-21-22-23-24-25-26-27-28-29-36-46-41-47(44-37-30-34-42(39-44)32-8-5-2)50(49)48(46)45-38-31-35-43(40-45)33-9-6-3/h30-31,34-35,37-41H,4-28,32-33H2,1-3H3. The first-order chi connectivity index (χ1) is 24.7. The van der Waals surface area contributed by atoms with Gasteiger partial charge in [-0.3, -0.25) is 0 Å². The Morgan fingerprint density at radius 1 is 0.500 bits per heavy atom. The van der Waals surface area contributed by atoms with Gasteiger partial charge in [-0.15, -0.1) is 0 Å². The van der Waals surface area contributed by atoms with E-state index in [1.807, 2.05) is 0 Å². The Morgan fingerprint density at radius 2 is 0.920 bits per heavy atom. The van der Waals surface area contributed by atoms with Crippen LogP contribution < -0.4 is 0 Å². The van der Waals surface area contributed by atoms with Crippen LogP contribution in [0.3, 0.4) is 0 Å². The molecule has 0 atom stereocenters. The summed E-state index contributed by atoms with van der Waals surface area (Å²) >= 11 is 0. The summed E-state index contributed by atoms with van der Waals surface area (Å²) in [6.07, 6.45) is 37.9. The number of hydrogen-bond acceptors (Lipinski definition) is 0. The second-order valence-corrected chi connectivity index (χ2v) is 15.0. The van der Waals surface area contributed by atoms with Crippen molar-refractivity contribution in [2.75, 3.05) is 0 Å². The molecule has 2 nitrogen and oxygen atoms in total. The number of benzene rings is 2. The summed E-state index contributed by atoms with van der Waals surface area (Å²) in [5.74, 6) is 6.96. The zero-order chi connectivity index (χ0) is 35.5. The number of allylic oxidation sites excluding steroid dienone is 2. The molecule has 0 saturated heterocycles. The maximum atomic E-state index is 11.6. The third kappa shape index (κ3) is 16.4. The first kappa shape index (κ1) is 41.5. The Bertz CT molecular complexity index is 1350. The van der Waals surface area contributed by atoms with E-state index in [4.69, 9.17) is 0 Å². The van der Waals surface area contributed by atoms with Crippen molar-refractivity contribution < 1.29 is 4.70 Å². The number of unbranched alkanes of at least 4 members (excludes halogenated alkanes) is 22. The fourth-order valence-corrected chi connectivity index (χ4v) is 7.23. The normalized spacial score (nSPS) is 12.8. The van der Waals surface area contributed by atoms with Crippen molar-refractivity contribution in [1.82, 2.24) is 0 Å². The van der Waals surface area contributed by atoms with E-state index in [9.17, 15) is 5.53 Å². The monoisotopic (exact) mass is 677 g/mol. The van der Waals surface area contributed by atoms with Crippen molar-refractivity contribution in [3.8, 4) is 11.8 Å². The van der Waals surface area contributed by atoms with Gasteiger partial charge in [-0.05, 0) is 67.5 Å². The van der Waals surface area contributed by atoms with E-state index in [1.165, 1.54) is 164 Å². The Labute approximate surface area is 309 Å². The first-order valence-electron chi connectivity index (χ1n) is 21.3. The zero-order valence-electron chi connectivity index (χ0n) is 32.7. The summed E-state index contributed by atoms with van der Waals surface area (Å²) in [4.78, 5) is 0. The molecular weight excluding hydrogens is 605 g/mol. The molecule has 0 bridgehead atoms. The van der Waals surface area contributed by atoms with Gasteiger partial charge in [0.15, 0.2) is 0 Å². The smallest absolute Gasteiger partial charge is 0.223 e. The lowest BCUT2D eigenvalue weighted by Gasteiger charge is -2.11. The van der Waals surface area contributed by atoms with Crippen LogP contribution in [0.1, 0.15) is 204 Å². The molecule has 0 radical (unpaired) electrons. The maximum Gasteiger partial charge on any atom is 0.223 e. The average molecular weight is 677 g/mol. The molecule has 0 spiro atoms. The molecule has 2 aromatic rings. The highest BCUT2D eigenvalue weighted by Gasteiger charge is 2.28. The largest absolute Gasteiger partial charge is 0.493 e. The molecule has 1 heterocycles. The van der Waals surface area contributed by atoms with Gasteiger partial charge in [0.2, 0.25) is 11.4 Å². The van der Waals surface area contributed by atoms with Gasteiger partial charge in [-0.25, -0.2) is 4.70 Å². The SMILES string of the molecule is CCCCCCCCCCCCCCCCCCCCCCC#CC1=C(c2cccc(CCCC)c2)[N+](=[N-])C(c2cccc(CCCC)c2)=C1. The van der Waals surface area contributed by atoms with Crippen LogP contribution in [-0.4, -0.2) is 4.70 Å². The van der Waals surface area contributed by atoms with Crippen LogP contribution in [0.15, 0.2) is 60.2 Å². The lowest BCUT2D eigenvalue weighted by Crippen LogP contribution is -2.03. The van der Waals surface area contributed by atoms with E-state index in [0.29, 0.717) is 0 Å². The van der Waals surface area contributed by atoms with E-state index in [1.54, 1.807) is 0 Å². The quantitative estimate of drug-likeness (QED) is 0.0487. The molecule has 3 rings (SSSR count). The van der Waals surface area contributed by atoms with Crippen molar-refractivity contribution in [3.05, 3.63) is 88.0 Å². The van der Waals surface area contributed by atoms with Crippen LogP contribution in [0.5, 0.6) is 0 Å². The third-order valence-electron chi connectivity index (χ3n) is 10.4. The van der Waals surface area contributed by atoms with Crippen LogP contribution in [0.4, 0.5) is 0 Å². The minimum atomic E-state index is 0.813. The summed E-state index contributed by atoms with van der Waals surface area (Å²) < 4.78 is 1.39. The number of nitrogens with zero attached hydrogens (tertiary/aromatic N) is 2. The number of aryl methyl sites for hydroxylation is 2. The van der Waals surface area contributed by atoms with E-state index in [2.05, 4.69) is 87.2 Å². The molecular formula is C48H72N2. The van der Waals surface area contributed by atoms with Gasteiger partial charge >= 0.3 is 0 Å². The third-order valence-corrected chi connectivity index (χ3v) is 10.4. The summed E-state index contributed by atoms with van der Waals surface area (Å²) in [7, 11) is 0. The number of rotatable bonds is 28. The maximum absolute atomic E-state index is 11.6. The number of hydrogen-bond donors (Lipinski definition) is 0. The van der Waals surface area contributed by atoms with E-state index in [-0.39, 0.29) is 0 Å². The van der Waals surface area contributed by atoms with Crippen LogP contribution in [0.25, 0.3) is 16.9 Å². The first-order valence-corrected chi connectivity index (χ1v) is 21.3. The lowest BCUT2D eigenvalue weighted by atomic mass is 10.0. The second-order valence-electron chi connectivity index (χ2n) is 15.0. The molecule has 0 amide bonds. The predicted molar refractivity (Wildman–Crippen MR) is 219 cm³/mol. The molecule has 2 aromatic carbocycles. The van der Waals surface area contributed by atoms with Gasteiger partial charge < -0.3 is 5.53 Å². The van der Waals surface area contributed by atoms with E-state index >= 15 is 0 Å². The summed E-state index contributed by atoms with van der Waals surface area (Å²) in [5, 5.41) is 0. The molecule has 1 aliphatic rings. The topological polar surface area (TPSA) is 25.3 Å². The highest BCUT2D eigenvalue weighted by molar-refractivity contribution is 5.82. The summed E-state index contributed by atoms with van der Waals surface area (Å²) in [5.41, 5.74) is 18.9. The van der Waals surface area contributed by atoms with E-state index in [0.717, 1.165) is 53.8 Å². The summed E-state index contributed by atoms with van der Waals surface area (Å²) in [6, 6.07) is 17.3. The molecule has 0 aromatic heterocycles. The van der Waals surface area contributed by atoms with Gasteiger partial charge in [0.1, 0.15) is 5.57 Å². The average Bonchev–Trinajstić information content (AvgIpc) is 3.47. The molecule has 1 aliphatic heterocycles. The Balaban J connectivity index is 1.37. The summed E-state index contributed by atoms with van der Waals surface area (Å²) in [6.45, 7) is 6.77. The van der Waals surface area contributed by atoms with Crippen molar-refractivity contribution >= 4 is 11.4 Å². The fourth-order valence-electron chi connectivity index (χ4n) is 7.23. The Morgan fingerprint density at radius 3 is 1.40 bits per heavy atom. The van der Waals surface area contributed by atoms with Crippen molar-refractivity contribution in [2.24, 2.45) is 0 Å². The van der Waals surface area contributed by atoms with E-state index < -0.39 is 0 Å². The van der Waals surface area contributed by atoms with Gasteiger partial charge in [0.05, 0.1) is 0 Å². The minimum absolute atomic E-state index is 0.813. The molecule has 274 valence electrons. The van der Waals surface area contributed by atoms with Crippen LogP contribution >= 0.6 is 0 Å². The molecule has 0 saturated carbocycles. The minimum Gasteiger partial charge on any atom is -0.493 e. The molecule has 50 heavy (non-hydrogen) atoms. The van der Waals surface area contributed by atoms with Gasteiger partial charge in [0.25, 0.3) is 0 Å². The molecule has 0 N–H and O–H groups in total. The fraction of sp³-hybridized carbons (Fsp3) is 0.625. The molecule has 0 unspecified atom stereocenters. The molecule has 2 heteroatoms. The van der Waals surface area contributed by atoms with Gasteiger partial charge in [0, 0.05) is 23.6 Å². The zero-order valence-corrected chi connectivity index (χ0v) is 32.7. The predicted octanol–water partition coefficient (Wildman–Crippen LogP) is 15.4. The highest BCUT2D eigenvalue weighted by atomic mass is 15.2. The Hall–Kier alpha value is -2.92. The molecule has 0 fully saturated rings. The van der Waals surface area contributed by atoms with Gasteiger partial charge in [-0.2, -0.15) is 0 Å². The van der Waals surface area contributed by atoms with Crippen molar-refractivity contribution in [2.45, 2.75) is 194 Å². The lowest BCUT2D eigenvalue weighted by molar-refractivity contribution is -0.344. The van der Waals surface area contributed by atoms with Crippen molar-refractivity contribution in [1.29, 1.82) is 0 Å². The second kappa shape index (κ2) is 26.8. The van der Waals surface area contributed by atoms with Crippen LogP contribution in [0.2, 0.25) is 0 Å². The molecule has 0 aliphatic carbocycles. The van der Waals surface area contributed by atoms with Crippen LogP contribution in [-0.2, 0) is 12.8 Å². The van der Waals surface area contributed by atoms with Crippen molar-refractivity contribution in [3.63, 3.8) is 0 Å².